The maximum atomic E-state index is 13.4. The molecule has 0 aliphatic rings. The van der Waals surface area contributed by atoms with Crippen molar-refractivity contribution < 1.29 is 13.7 Å². The van der Waals surface area contributed by atoms with Crippen LogP contribution in [0.25, 0.3) is 22.8 Å². The Labute approximate surface area is 118 Å². The molecule has 2 aromatic heterocycles. The van der Waals surface area contributed by atoms with Crippen molar-refractivity contribution in [3.8, 4) is 34.7 Å². The van der Waals surface area contributed by atoms with Crippen molar-refractivity contribution in [3.05, 3.63) is 42.0 Å². The summed E-state index contributed by atoms with van der Waals surface area (Å²) in [6.45, 7) is 0. The zero-order valence-electron chi connectivity index (χ0n) is 10.9. The van der Waals surface area contributed by atoms with Gasteiger partial charge in [-0.25, -0.2) is 4.39 Å². The number of methoxy groups -OCH3 is 1. The molecule has 0 aliphatic heterocycles. The molecule has 0 radical (unpaired) electrons. The first kappa shape index (κ1) is 12.9. The number of nitriles is 1. The number of benzene rings is 1. The molecule has 1 N–H and O–H groups in total. The average molecular weight is 284 g/mol. The Morgan fingerprint density at radius 1 is 1.33 bits per heavy atom. The van der Waals surface area contributed by atoms with Crippen LogP contribution in [0.4, 0.5) is 4.39 Å². The monoisotopic (exact) mass is 284 g/mol. The van der Waals surface area contributed by atoms with Gasteiger partial charge in [0.25, 0.3) is 5.89 Å². The molecule has 3 aromatic rings. The molecule has 0 aliphatic carbocycles. The normalized spacial score (nSPS) is 10.3. The van der Waals surface area contributed by atoms with Crippen molar-refractivity contribution in [3.63, 3.8) is 0 Å². The van der Waals surface area contributed by atoms with E-state index in [4.69, 9.17) is 14.5 Å². The lowest BCUT2D eigenvalue weighted by molar-refractivity contribution is 0.386. The van der Waals surface area contributed by atoms with Gasteiger partial charge in [-0.15, -0.1) is 0 Å². The summed E-state index contributed by atoms with van der Waals surface area (Å²) in [6, 6.07) is 7.87. The summed E-state index contributed by atoms with van der Waals surface area (Å²) in [7, 11) is 1.38. The molecule has 0 saturated carbocycles. The smallest absolute Gasteiger partial charge is 0.259 e. The van der Waals surface area contributed by atoms with Gasteiger partial charge < -0.3 is 14.2 Å². The van der Waals surface area contributed by atoms with E-state index in [0.717, 1.165) is 0 Å². The summed E-state index contributed by atoms with van der Waals surface area (Å²) in [5, 5.41) is 12.6. The number of hydrogen-bond donors (Lipinski definition) is 1. The third kappa shape index (κ3) is 2.34. The molecule has 2 heterocycles. The molecule has 0 amide bonds. The number of nitrogens with one attached hydrogen (secondary N) is 1. The van der Waals surface area contributed by atoms with Gasteiger partial charge in [-0.1, -0.05) is 5.16 Å². The van der Waals surface area contributed by atoms with E-state index in [1.165, 1.54) is 25.3 Å². The second-order valence-corrected chi connectivity index (χ2v) is 4.19. The molecule has 1 aromatic carbocycles. The minimum atomic E-state index is -0.464. The lowest BCUT2D eigenvalue weighted by atomic mass is 10.2. The third-order valence-corrected chi connectivity index (χ3v) is 2.89. The van der Waals surface area contributed by atoms with Gasteiger partial charge in [0.05, 0.1) is 12.7 Å². The third-order valence-electron chi connectivity index (χ3n) is 2.89. The van der Waals surface area contributed by atoms with E-state index in [2.05, 4.69) is 15.1 Å². The highest BCUT2D eigenvalue weighted by Gasteiger charge is 2.14. The molecule has 3 rings (SSSR count). The fraction of sp³-hybridized carbons (Fsp3) is 0.0714. The first-order valence-corrected chi connectivity index (χ1v) is 5.98. The Kier molecular flexibility index (Phi) is 3.12. The fourth-order valence-electron chi connectivity index (χ4n) is 1.84. The van der Waals surface area contributed by atoms with Gasteiger partial charge in [0.2, 0.25) is 5.82 Å². The van der Waals surface area contributed by atoms with Crippen LogP contribution >= 0.6 is 0 Å². The molecular weight excluding hydrogens is 275 g/mol. The summed E-state index contributed by atoms with van der Waals surface area (Å²) >= 11 is 0. The van der Waals surface area contributed by atoms with E-state index in [1.807, 2.05) is 6.07 Å². The standard InChI is InChI=1S/C14H9FN4O2/c1-20-12-5-8(2-3-11(12)15)13-18-14(21-19-13)9-4-10(6-16)17-7-9/h2-5,7,17H,1H3. The Bertz CT molecular complexity index is 832. The molecule has 0 unspecified atom stereocenters. The summed E-state index contributed by atoms with van der Waals surface area (Å²) < 4.78 is 23.4. The Morgan fingerprint density at radius 3 is 2.90 bits per heavy atom. The predicted octanol–water partition coefficient (Wildman–Crippen LogP) is 2.75. The van der Waals surface area contributed by atoms with Crippen LogP contribution in [-0.4, -0.2) is 22.2 Å². The zero-order valence-corrected chi connectivity index (χ0v) is 10.9. The van der Waals surface area contributed by atoms with E-state index in [-0.39, 0.29) is 11.6 Å². The minimum Gasteiger partial charge on any atom is -0.494 e. The minimum absolute atomic E-state index is 0.104. The number of H-pyrrole nitrogens is 1. The average Bonchev–Trinajstić information content (AvgIpc) is 3.16. The van der Waals surface area contributed by atoms with E-state index in [1.54, 1.807) is 12.3 Å². The van der Waals surface area contributed by atoms with Crippen LogP contribution in [0.1, 0.15) is 5.69 Å². The van der Waals surface area contributed by atoms with Crippen molar-refractivity contribution in [1.29, 1.82) is 5.26 Å². The molecule has 0 spiro atoms. The molecule has 7 heteroatoms. The van der Waals surface area contributed by atoms with Crippen LogP contribution in [0.5, 0.6) is 5.75 Å². The van der Waals surface area contributed by atoms with Crippen molar-refractivity contribution >= 4 is 0 Å². The van der Waals surface area contributed by atoms with E-state index in [9.17, 15) is 4.39 Å². The maximum Gasteiger partial charge on any atom is 0.259 e. The fourth-order valence-corrected chi connectivity index (χ4v) is 1.84. The van der Waals surface area contributed by atoms with Crippen molar-refractivity contribution in [2.75, 3.05) is 7.11 Å². The van der Waals surface area contributed by atoms with E-state index < -0.39 is 5.82 Å². The summed E-state index contributed by atoms with van der Waals surface area (Å²) in [5.74, 6) is 0.218. The molecule has 6 nitrogen and oxygen atoms in total. The molecule has 0 fully saturated rings. The van der Waals surface area contributed by atoms with Gasteiger partial charge in [-0.3, -0.25) is 0 Å². The highest BCUT2D eigenvalue weighted by Crippen LogP contribution is 2.26. The van der Waals surface area contributed by atoms with Crippen LogP contribution in [0, 0.1) is 17.1 Å². The number of aromatic nitrogens is 3. The number of rotatable bonds is 3. The highest BCUT2D eigenvalue weighted by atomic mass is 19.1. The van der Waals surface area contributed by atoms with Crippen LogP contribution < -0.4 is 4.74 Å². The first-order chi connectivity index (χ1) is 10.2. The molecular formula is C14H9FN4O2. The lowest BCUT2D eigenvalue weighted by Crippen LogP contribution is -1.89. The zero-order chi connectivity index (χ0) is 14.8. The van der Waals surface area contributed by atoms with Gasteiger partial charge in [-0.2, -0.15) is 10.2 Å². The number of hydrogen-bond acceptors (Lipinski definition) is 5. The first-order valence-electron chi connectivity index (χ1n) is 5.98. The van der Waals surface area contributed by atoms with Gasteiger partial charge in [0.1, 0.15) is 11.8 Å². The van der Waals surface area contributed by atoms with Gasteiger partial charge >= 0.3 is 0 Å². The van der Waals surface area contributed by atoms with Gasteiger partial charge in [0.15, 0.2) is 11.6 Å². The van der Waals surface area contributed by atoms with Crippen LogP contribution in [0.2, 0.25) is 0 Å². The Hall–Kier alpha value is -3.14. The van der Waals surface area contributed by atoms with Crippen LogP contribution in [-0.2, 0) is 0 Å². The van der Waals surface area contributed by atoms with Crippen molar-refractivity contribution in [1.82, 2.24) is 15.1 Å². The summed E-state index contributed by atoms with van der Waals surface area (Å²) in [4.78, 5) is 6.99. The predicted molar refractivity (Wildman–Crippen MR) is 70.7 cm³/mol. The largest absolute Gasteiger partial charge is 0.494 e. The molecule has 0 saturated heterocycles. The molecule has 21 heavy (non-hydrogen) atoms. The highest BCUT2D eigenvalue weighted by molar-refractivity contribution is 5.61. The SMILES string of the molecule is COc1cc(-c2noc(-c3c[nH]c(C#N)c3)n2)ccc1F. The second-order valence-electron chi connectivity index (χ2n) is 4.19. The Morgan fingerprint density at radius 2 is 2.19 bits per heavy atom. The molecule has 104 valence electrons. The summed E-state index contributed by atoms with van der Waals surface area (Å²) in [5.41, 5.74) is 1.58. The second kappa shape index (κ2) is 5.09. The summed E-state index contributed by atoms with van der Waals surface area (Å²) in [6.07, 6.45) is 1.60. The number of halogens is 1. The van der Waals surface area contributed by atoms with Gasteiger partial charge in [-0.05, 0) is 24.3 Å². The quantitative estimate of drug-likeness (QED) is 0.799. The maximum absolute atomic E-state index is 13.4. The van der Waals surface area contributed by atoms with Crippen LogP contribution in [0.15, 0.2) is 35.0 Å². The lowest BCUT2D eigenvalue weighted by Gasteiger charge is -2.02. The van der Waals surface area contributed by atoms with Crippen molar-refractivity contribution in [2.24, 2.45) is 0 Å². The number of aromatic amines is 1. The van der Waals surface area contributed by atoms with E-state index in [0.29, 0.717) is 22.6 Å². The van der Waals surface area contributed by atoms with Gasteiger partial charge in [0, 0.05) is 11.8 Å². The molecule has 0 atom stereocenters. The van der Waals surface area contributed by atoms with Crippen LogP contribution in [0.3, 0.4) is 0 Å². The molecule has 0 bridgehead atoms. The van der Waals surface area contributed by atoms with Crippen molar-refractivity contribution in [2.45, 2.75) is 0 Å². The number of nitrogens with zero attached hydrogens (tertiary/aromatic N) is 3. The topological polar surface area (TPSA) is 87.7 Å². The Balaban J connectivity index is 1.96. The van der Waals surface area contributed by atoms with E-state index >= 15 is 0 Å². The number of ether oxygens (including phenoxy) is 1.